The van der Waals surface area contributed by atoms with Gasteiger partial charge in [0.15, 0.2) is 11.5 Å². The molecule has 0 aliphatic carbocycles. The van der Waals surface area contributed by atoms with Crippen molar-refractivity contribution in [3.63, 3.8) is 0 Å². The second kappa shape index (κ2) is 8.05. The van der Waals surface area contributed by atoms with Crippen LogP contribution in [0.3, 0.4) is 0 Å². The minimum absolute atomic E-state index is 0.174. The SMILES string of the molecule is CC(NC(=O)CN(c1ccccc1F)S(C)(=O)=O)c1ccc2c(c1)OCCO2. The Morgan fingerprint density at radius 2 is 1.86 bits per heavy atom. The third-order valence-corrected chi connectivity index (χ3v) is 5.38. The van der Waals surface area contributed by atoms with E-state index in [9.17, 15) is 17.6 Å². The molecule has 2 aromatic rings. The average Bonchev–Trinajstić information content (AvgIpc) is 2.65. The van der Waals surface area contributed by atoms with E-state index in [0.717, 1.165) is 22.2 Å². The summed E-state index contributed by atoms with van der Waals surface area (Å²) >= 11 is 0. The summed E-state index contributed by atoms with van der Waals surface area (Å²) in [5.41, 5.74) is 0.599. The smallest absolute Gasteiger partial charge is 0.241 e. The molecule has 1 aliphatic heterocycles. The number of carbonyl (C=O) groups excluding carboxylic acids is 1. The van der Waals surface area contributed by atoms with Crippen LogP contribution in [0.25, 0.3) is 0 Å². The van der Waals surface area contributed by atoms with Crippen LogP contribution < -0.4 is 19.1 Å². The van der Waals surface area contributed by atoms with Crippen molar-refractivity contribution in [1.82, 2.24) is 5.32 Å². The lowest BCUT2D eigenvalue weighted by molar-refractivity contribution is -0.120. The summed E-state index contributed by atoms with van der Waals surface area (Å²) in [6.45, 7) is 2.16. The first-order chi connectivity index (χ1) is 13.3. The van der Waals surface area contributed by atoms with Crippen molar-refractivity contribution in [2.24, 2.45) is 0 Å². The van der Waals surface area contributed by atoms with E-state index in [2.05, 4.69) is 5.32 Å². The van der Waals surface area contributed by atoms with Crippen LogP contribution in [0.5, 0.6) is 11.5 Å². The van der Waals surface area contributed by atoms with Crippen LogP contribution in [0, 0.1) is 5.82 Å². The quantitative estimate of drug-likeness (QED) is 0.793. The van der Waals surface area contributed by atoms with E-state index in [1.165, 1.54) is 18.2 Å². The van der Waals surface area contributed by atoms with Crippen molar-refractivity contribution < 1.29 is 27.1 Å². The first-order valence-corrected chi connectivity index (χ1v) is 10.5. The van der Waals surface area contributed by atoms with Crippen LogP contribution in [0.15, 0.2) is 42.5 Å². The van der Waals surface area contributed by atoms with Gasteiger partial charge in [0.2, 0.25) is 15.9 Å². The number of amides is 1. The zero-order chi connectivity index (χ0) is 20.3. The molecule has 1 N–H and O–H groups in total. The summed E-state index contributed by atoms with van der Waals surface area (Å²) in [7, 11) is -3.85. The number of anilines is 1. The zero-order valence-corrected chi connectivity index (χ0v) is 16.3. The third kappa shape index (κ3) is 4.53. The molecule has 1 heterocycles. The summed E-state index contributed by atoms with van der Waals surface area (Å²) in [6.07, 6.45) is 0.928. The highest BCUT2D eigenvalue weighted by atomic mass is 32.2. The number of fused-ring (bicyclic) bond motifs is 1. The third-order valence-electron chi connectivity index (χ3n) is 4.25. The molecule has 0 radical (unpaired) electrons. The van der Waals surface area contributed by atoms with Crippen LogP contribution in [0.2, 0.25) is 0 Å². The summed E-state index contributed by atoms with van der Waals surface area (Å²) in [5.74, 6) is -0.0537. The molecule has 150 valence electrons. The molecule has 7 nitrogen and oxygen atoms in total. The van der Waals surface area contributed by atoms with Crippen molar-refractivity contribution >= 4 is 21.6 Å². The number of hydrogen-bond donors (Lipinski definition) is 1. The standard InChI is InChI=1S/C19H21FN2O5S/c1-13(14-7-8-17-18(11-14)27-10-9-26-17)21-19(23)12-22(28(2,24)25)16-6-4-3-5-15(16)20/h3-8,11,13H,9-10,12H2,1-2H3,(H,21,23). The minimum atomic E-state index is -3.85. The van der Waals surface area contributed by atoms with Gasteiger partial charge in [0.05, 0.1) is 18.0 Å². The molecule has 1 atom stereocenters. The van der Waals surface area contributed by atoms with Crippen LogP contribution in [-0.4, -0.2) is 40.3 Å². The lowest BCUT2D eigenvalue weighted by Gasteiger charge is -2.24. The molecule has 0 aromatic heterocycles. The summed E-state index contributed by atoms with van der Waals surface area (Å²) in [5, 5.41) is 2.73. The number of ether oxygens (including phenoxy) is 2. The van der Waals surface area contributed by atoms with E-state index in [-0.39, 0.29) is 5.69 Å². The lowest BCUT2D eigenvalue weighted by atomic mass is 10.1. The van der Waals surface area contributed by atoms with E-state index in [1.54, 1.807) is 25.1 Å². The van der Waals surface area contributed by atoms with Gasteiger partial charge in [-0.2, -0.15) is 0 Å². The summed E-state index contributed by atoms with van der Waals surface area (Å²) in [4.78, 5) is 12.5. The van der Waals surface area contributed by atoms with Crippen molar-refractivity contribution in [2.75, 3.05) is 30.3 Å². The molecule has 0 saturated carbocycles. The van der Waals surface area contributed by atoms with Gasteiger partial charge in [-0.25, -0.2) is 12.8 Å². The second-order valence-corrected chi connectivity index (χ2v) is 8.32. The predicted octanol–water partition coefficient (Wildman–Crippen LogP) is 2.24. The second-order valence-electron chi connectivity index (χ2n) is 6.41. The molecule has 2 aromatic carbocycles. The van der Waals surface area contributed by atoms with Gasteiger partial charge in [-0.05, 0) is 36.8 Å². The Hall–Kier alpha value is -2.81. The summed E-state index contributed by atoms with van der Waals surface area (Å²) in [6, 6.07) is 10.3. The van der Waals surface area contributed by atoms with Gasteiger partial charge in [-0.15, -0.1) is 0 Å². The number of para-hydroxylation sites is 1. The maximum absolute atomic E-state index is 14.0. The molecule has 0 fully saturated rings. The van der Waals surface area contributed by atoms with Crippen molar-refractivity contribution in [1.29, 1.82) is 0 Å². The highest BCUT2D eigenvalue weighted by molar-refractivity contribution is 7.92. The van der Waals surface area contributed by atoms with Gasteiger partial charge < -0.3 is 14.8 Å². The highest BCUT2D eigenvalue weighted by Crippen LogP contribution is 2.32. The van der Waals surface area contributed by atoms with E-state index in [1.807, 2.05) is 0 Å². The topological polar surface area (TPSA) is 84.9 Å². The molecule has 0 saturated heterocycles. The maximum atomic E-state index is 14.0. The normalized spacial score (nSPS) is 14.2. The Morgan fingerprint density at radius 1 is 1.18 bits per heavy atom. The number of carbonyl (C=O) groups is 1. The minimum Gasteiger partial charge on any atom is -0.486 e. The molecule has 1 aliphatic rings. The van der Waals surface area contributed by atoms with E-state index in [0.29, 0.717) is 24.7 Å². The van der Waals surface area contributed by atoms with E-state index >= 15 is 0 Å². The monoisotopic (exact) mass is 408 g/mol. The number of sulfonamides is 1. The van der Waals surface area contributed by atoms with Crippen molar-refractivity contribution in [2.45, 2.75) is 13.0 Å². The molecule has 1 amide bonds. The van der Waals surface area contributed by atoms with E-state index in [4.69, 9.17) is 9.47 Å². The molecule has 9 heteroatoms. The van der Waals surface area contributed by atoms with Gasteiger partial charge in [-0.1, -0.05) is 18.2 Å². The van der Waals surface area contributed by atoms with Crippen LogP contribution in [0.4, 0.5) is 10.1 Å². The van der Waals surface area contributed by atoms with Gasteiger partial charge in [0.25, 0.3) is 0 Å². The fourth-order valence-corrected chi connectivity index (χ4v) is 3.72. The van der Waals surface area contributed by atoms with Gasteiger partial charge in [0, 0.05) is 0 Å². The molecule has 28 heavy (non-hydrogen) atoms. The Bertz CT molecular complexity index is 980. The van der Waals surface area contributed by atoms with Gasteiger partial charge >= 0.3 is 0 Å². The van der Waals surface area contributed by atoms with Crippen molar-refractivity contribution in [3.8, 4) is 11.5 Å². The summed E-state index contributed by atoms with van der Waals surface area (Å²) < 4.78 is 50.0. The molecular weight excluding hydrogens is 387 g/mol. The Balaban J connectivity index is 1.73. The van der Waals surface area contributed by atoms with Crippen LogP contribution >= 0.6 is 0 Å². The molecule has 1 unspecified atom stereocenters. The Kier molecular flexibility index (Phi) is 5.73. The maximum Gasteiger partial charge on any atom is 0.241 e. The fraction of sp³-hybridized carbons (Fsp3) is 0.316. The van der Waals surface area contributed by atoms with Gasteiger partial charge in [-0.3, -0.25) is 9.10 Å². The predicted molar refractivity (Wildman–Crippen MR) is 103 cm³/mol. The molecular formula is C19H21FN2O5S. The van der Waals surface area contributed by atoms with Crippen LogP contribution in [0.1, 0.15) is 18.5 Å². The average molecular weight is 408 g/mol. The number of nitrogens with one attached hydrogen (secondary N) is 1. The number of nitrogens with zero attached hydrogens (tertiary/aromatic N) is 1. The largest absolute Gasteiger partial charge is 0.486 e. The molecule has 3 rings (SSSR count). The zero-order valence-electron chi connectivity index (χ0n) is 15.5. The number of benzene rings is 2. The Labute approximate surface area is 163 Å². The molecule has 0 bridgehead atoms. The van der Waals surface area contributed by atoms with Crippen molar-refractivity contribution in [3.05, 3.63) is 53.8 Å². The highest BCUT2D eigenvalue weighted by Gasteiger charge is 2.24. The first kappa shape index (κ1) is 19.9. The van der Waals surface area contributed by atoms with Gasteiger partial charge in [0.1, 0.15) is 25.6 Å². The number of hydrogen-bond acceptors (Lipinski definition) is 5. The lowest BCUT2D eigenvalue weighted by Crippen LogP contribution is -2.41. The fourth-order valence-electron chi connectivity index (χ4n) is 2.87. The number of halogens is 1. The first-order valence-electron chi connectivity index (χ1n) is 8.67. The Morgan fingerprint density at radius 3 is 2.54 bits per heavy atom. The molecule has 0 spiro atoms. The number of rotatable bonds is 6. The van der Waals surface area contributed by atoms with Crippen LogP contribution in [-0.2, 0) is 14.8 Å². The van der Waals surface area contributed by atoms with E-state index < -0.39 is 34.3 Å².